The summed E-state index contributed by atoms with van der Waals surface area (Å²) in [5, 5.41) is 3.97. The summed E-state index contributed by atoms with van der Waals surface area (Å²) in [7, 11) is 0. The molecule has 0 spiro atoms. The van der Waals surface area contributed by atoms with E-state index in [4.69, 9.17) is 4.52 Å². The standard InChI is InChI=1S/C20H15BrF3N3O2/c21-15-6-3-5-12(8-15)18-25-19(29-26-18)14-9-17(28)27(11-14)10-13-4-1-2-7-16(13)20(22,23)24/h1-8,14H,9-11H2. The minimum absolute atomic E-state index is 0.0642. The van der Waals surface area contributed by atoms with Crippen molar-refractivity contribution < 1.29 is 22.5 Å². The molecule has 150 valence electrons. The van der Waals surface area contributed by atoms with E-state index in [-0.39, 0.29) is 36.9 Å². The van der Waals surface area contributed by atoms with Gasteiger partial charge in [0.2, 0.25) is 17.6 Å². The first-order chi connectivity index (χ1) is 13.8. The number of nitrogens with zero attached hydrogens (tertiary/aromatic N) is 3. The second-order valence-corrected chi connectivity index (χ2v) is 7.71. The van der Waals surface area contributed by atoms with Crippen LogP contribution in [0.3, 0.4) is 0 Å². The molecule has 0 aliphatic carbocycles. The largest absolute Gasteiger partial charge is 0.416 e. The van der Waals surface area contributed by atoms with E-state index in [0.29, 0.717) is 11.7 Å². The lowest BCUT2D eigenvalue weighted by Gasteiger charge is -2.19. The molecular formula is C20H15BrF3N3O2. The molecule has 9 heteroatoms. The maximum atomic E-state index is 13.2. The molecule has 0 saturated carbocycles. The molecule has 4 rings (SSSR count). The van der Waals surface area contributed by atoms with Crippen LogP contribution in [-0.2, 0) is 17.5 Å². The summed E-state index contributed by atoms with van der Waals surface area (Å²) < 4.78 is 45.8. The quantitative estimate of drug-likeness (QED) is 0.541. The smallest absolute Gasteiger partial charge is 0.339 e. The minimum atomic E-state index is -4.47. The van der Waals surface area contributed by atoms with Crippen LogP contribution in [0.5, 0.6) is 0 Å². The molecule has 5 nitrogen and oxygen atoms in total. The topological polar surface area (TPSA) is 59.2 Å². The van der Waals surface area contributed by atoms with Gasteiger partial charge in [0, 0.05) is 29.5 Å². The lowest BCUT2D eigenvalue weighted by molar-refractivity contribution is -0.139. The fourth-order valence-electron chi connectivity index (χ4n) is 3.38. The van der Waals surface area contributed by atoms with Gasteiger partial charge in [-0.05, 0) is 23.8 Å². The Morgan fingerprint density at radius 3 is 2.72 bits per heavy atom. The van der Waals surface area contributed by atoms with Gasteiger partial charge >= 0.3 is 6.18 Å². The molecule has 1 amide bonds. The second kappa shape index (κ2) is 7.62. The van der Waals surface area contributed by atoms with Crippen molar-refractivity contribution in [3.63, 3.8) is 0 Å². The third-order valence-electron chi connectivity index (χ3n) is 4.77. The number of rotatable bonds is 4. The molecule has 0 bridgehead atoms. The van der Waals surface area contributed by atoms with Crippen LogP contribution >= 0.6 is 15.9 Å². The highest BCUT2D eigenvalue weighted by Crippen LogP contribution is 2.35. The van der Waals surface area contributed by atoms with E-state index < -0.39 is 11.7 Å². The number of hydrogen-bond acceptors (Lipinski definition) is 4. The molecule has 1 aliphatic rings. The lowest BCUT2D eigenvalue weighted by atomic mass is 10.1. The maximum Gasteiger partial charge on any atom is 0.416 e. The zero-order valence-corrected chi connectivity index (χ0v) is 16.6. The molecule has 29 heavy (non-hydrogen) atoms. The average Bonchev–Trinajstić information content (AvgIpc) is 3.29. The molecule has 1 fully saturated rings. The van der Waals surface area contributed by atoms with Gasteiger partial charge in [-0.15, -0.1) is 0 Å². The number of halogens is 4. The van der Waals surface area contributed by atoms with Crippen molar-refractivity contribution in [1.82, 2.24) is 15.0 Å². The van der Waals surface area contributed by atoms with Gasteiger partial charge in [-0.1, -0.05) is 51.4 Å². The molecule has 3 aromatic rings. The van der Waals surface area contributed by atoms with E-state index in [2.05, 4.69) is 26.1 Å². The number of hydrogen-bond donors (Lipinski definition) is 0. The number of carbonyl (C=O) groups is 1. The Balaban J connectivity index is 1.51. The van der Waals surface area contributed by atoms with Gasteiger partial charge in [0.25, 0.3) is 0 Å². The lowest BCUT2D eigenvalue weighted by Crippen LogP contribution is -2.26. The fourth-order valence-corrected chi connectivity index (χ4v) is 3.78. The third kappa shape index (κ3) is 4.19. The van der Waals surface area contributed by atoms with Crippen molar-refractivity contribution in [2.24, 2.45) is 0 Å². The van der Waals surface area contributed by atoms with Gasteiger partial charge < -0.3 is 9.42 Å². The number of benzene rings is 2. The van der Waals surface area contributed by atoms with Crippen molar-refractivity contribution in [3.8, 4) is 11.4 Å². The second-order valence-electron chi connectivity index (χ2n) is 6.80. The summed E-state index contributed by atoms with van der Waals surface area (Å²) >= 11 is 3.38. The summed E-state index contributed by atoms with van der Waals surface area (Å²) in [6.07, 6.45) is -4.35. The van der Waals surface area contributed by atoms with Crippen LogP contribution < -0.4 is 0 Å². The summed E-state index contributed by atoms with van der Waals surface area (Å²) in [5.74, 6) is 0.109. The van der Waals surface area contributed by atoms with Crippen LogP contribution in [0.4, 0.5) is 13.2 Å². The van der Waals surface area contributed by atoms with E-state index in [0.717, 1.165) is 16.1 Å². The van der Waals surface area contributed by atoms with Crippen molar-refractivity contribution in [2.75, 3.05) is 6.54 Å². The van der Waals surface area contributed by atoms with Crippen LogP contribution in [0.1, 0.15) is 29.4 Å². The Hall–Kier alpha value is -2.68. The van der Waals surface area contributed by atoms with Crippen LogP contribution in [0.15, 0.2) is 57.5 Å². The Kier molecular flexibility index (Phi) is 5.16. The molecule has 1 aromatic heterocycles. The molecule has 0 radical (unpaired) electrons. The SMILES string of the molecule is O=C1CC(c2nc(-c3cccc(Br)c3)no2)CN1Cc1ccccc1C(F)(F)F. The molecule has 1 aliphatic heterocycles. The average molecular weight is 466 g/mol. The van der Waals surface area contributed by atoms with Crippen molar-refractivity contribution in [3.05, 3.63) is 70.0 Å². The van der Waals surface area contributed by atoms with Crippen LogP contribution in [0.25, 0.3) is 11.4 Å². The van der Waals surface area contributed by atoms with Crippen LogP contribution in [0, 0.1) is 0 Å². The van der Waals surface area contributed by atoms with Gasteiger partial charge in [0.05, 0.1) is 11.5 Å². The number of carbonyl (C=O) groups excluding carboxylic acids is 1. The molecule has 0 N–H and O–H groups in total. The maximum absolute atomic E-state index is 13.2. The van der Waals surface area contributed by atoms with Gasteiger partial charge in [-0.25, -0.2) is 0 Å². The Morgan fingerprint density at radius 1 is 1.17 bits per heavy atom. The summed E-state index contributed by atoms with van der Waals surface area (Å²) in [6.45, 7) is 0.114. The van der Waals surface area contributed by atoms with E-state index in [9.17, 15) is 18.0 Å². The Morgan fingerprint density at radius 2 is 1.97 bits per heavy atom. The predicted molar refractivity (Wildman–Crippen MR) is 102 cm³/mol. The van der Waals surface area contributed by atoms with E-state index in [1.165, 1.54) is 23.1 Å². The highest BCUT2D eigenvalue weighted by atomic mass is 79.9. The van der Waals surface area contributed by atoms with Crippen molar-refractivity contribution in [1.29, 1.82) is 0 Å². The van der Waals surface area contributed by atoms with E-state index in [1.807, 2.05) is 24.3 Å². The fraction of sp³-hybridized carbons (Fsp3) is 0.250. The highest BCUT2D eigenvalue weighted by Gasteiger charge is 2.37. The summed E-state index contributed by atoms with van der Waals surface area (Å²) in [4.78, 5) is 18.2. The molecular weight excluding hydrogens is 451 g/mol. The van der Waals surface area contributed by atoms with Crippen LogP contribution in [0.2, 0.25) is 0 Å². The van der Waals surface area contributed by atoms with Gasteiger partial charge in [-0.3, -0.25) is 4.79 Å². The summed E-state index contributed by atoms with van der Waals surface area (Å²) in [6, 6.07) is 12.7. The first-order valence-electron chi connectivity index (χ1n) is 8.83. The normalized spacial score (nSPS) is 17.2. The number of alkyl halides is 3. The van der Waals surface area contributed by atoms with E-state index >= 15 is 0 Å². The van der Waals surface area contributed by atoms with Gasteiger partial charge in [-0.2, -0.15) is 18.2 Å². The number of likely N-dealkylation sites (tertiary alicyclic amines) is 1. The zero-order chi connectivity index (χ0) is 20.6. The molecule has 2 aromatic carbocycles. The van der Waals surface area contributed by atoms with E-state index in [1.54, 1.807) is 0 Å². The monoisotopic (exact) mass is 465 g/mol. The molecule has 2 heterocycles. The third-order valence-corrected chi connectivity index (χ3v) is 5.27. The van der Waals surface area contributed by atoms with Crippen LogP contribution in [-0.4, -0.2) is 27.5 Å². The molecule has 1 unspecified atom stereocenters. The number of aromatic nitrogens is 2. The number of amides is 1. The highest BCUT2D eigenvalue weighted by molar-refractivity contribution is 9.10. The Bertz CT molecular complexity index is 1050. The Labute approximate surface area is 172 Å². The van der Waals surface area contributed by atoms with Gasteiger partial charge in [0.1, 0.15) is 0 Å². The predicted octanol–water partition coefficient (Wildman–Crippen LogP) is 5.03. The minimum Gasteiger partial charge on any atom is -0.339 e. The van der Waals surface area contributed by atoms with Crippen molar-refractivity contribution in [2.45, 2.75) is 25.1 Å². The first-order valence-corrected chi connectivity index (χ1v) is 9.63. The van der Waals surface area contributed by atoms with Gasteiger partial charge in [0.15, 0.2) is 0 Å². The molecule has 1 atom stereocenters. The zero-order valence-electron chi connectivity index (χ0n) is 15.0. The summed E-state index contributed by atoms with van der Waals surface area (Å²) in [5.41, 5.74) is 0.0926. The van der Waals surface area contributed by atoms with Crippen molar-refractivity contribution >= 4 is 21.8 Å². The first kappa shape index (κ1) is 19.6. The molecule has 1 saturated heterocycles.